The van der Waals surface area contributed by atoms with Gasteiger partial charge in [0.05, 0.1) is 5.25 Å². The summed E-state index contributed by atoms with van der Waals surface area (Å²) >= 11 is 7.56. The lowest BCUT2D eigenvalue weighted by molar-refractivity contribution is -0.115. The molecule has 1 heterocycles. The quantitative estimate of drug-likeness (QED) is 0.896. The summed E-state index contributed by atoms with van der Waals surface area (Å²) in [4.78, 5) is 13.5. The Kier molecular flexibility index (Phi) is 3.72. The van der Waals surface area contributed by atoms with Gasteiger partial charge in [0.25, 0.3) is 0 Å². The summed E-state index contributed by atoms with van der Waals surface area (Å²) in [6, 6.07) is 13.6. The van der Waals surface area contributed by atoms with Crippen LogP contribution >= 0.6 is 23.4 Å². The van der Waals surface area contributed by atoms with Crippen LogP contribution in [0.15, 0.2) is 47.4 Å². The number of carbonyl (C=O) groups is 1. The van der Waals surface area contributed by atoms with Gasteiger partial charge in [-0.3, -0.25) is 4.79 Å². The molecule has 1 aliphatic rings. The van der Waals surface area contributed by atoms with Gasteiger partial charge < -0.3 is 5.32 Å². The molecule has 1 amide bonds. The monoisotopic (exact) mass is 303 g/mol. The average Bonchev–Trinajstić information content (AvgIpc) is 2.81. The molecular formula is C16H14ClNOS. The number of aryl methyl sites for hydroxylation is 1. The van der Waals surface area contributed by atoms with Gasteiger partial charge in [0.2, 0.25) is 5.91 Å². The molecule has 2 nitrogen and oxygen atoms in total. The van der Waals surface area contributed by atoms with Crippen LogP contribution in [-0.2, 0) is 11.2 Å². The van der Waals surface area contributed by atoms with Crippen LogP contribution in [0.5, 0.6) is 0 Å². The van der Waals surface area contributed by atoms with Crippen LogP contribution in [0.2, 0.25) is 5.02 Å². The lowest BCUT2D eigenvalue weighted by atomic mass is 10.1. The Morgan fingerprint density at radius 1 is 1.30 bits per heavy atom. The molecule has 1 unspecified atom stereocenters. The van der Waals surface area contributed by atoms with Gasteiger partial charge in [0, 0.05) is 15.6 Å². The molecule has 0 bridgehead atoms. The van der Waals surface area contributed by atoms with Gasteiger partial charge >= 0.3 is 0 Å². The lowest BCUT2D eigenvalue weighted by Gasteiger charge is -2.10. The van der Waals surface area contributed by atoms with E-state index in [1.165, 1.54) is 16.0 Å². The normalized spacial score (nSPS) is 16.8. The van der Waals surface area contributed by atoms with E-state index in [0.717, 1.165) is 12.1 Å². The van der Waals surface area contributed by atoms with Gasteiger partial charge in [-0.15, -0.1) is 11.8 Å². The van der Waals surface area contributed by atoms with Gasteiger partial charge in [0.15, 0.2) is 0 Å². The van der Waals surface area contributed by atoms with Crippen LogP contribution in [0.3, 0.4) is 0 Å². The minimum absolute atomic E-state index is 0.0334. The Bertz CT molecular complexity index is 671. The molecule has 0 fully saturated rings. The van der Waals surface area contributed by atoms with E-state index in [2.05, 4.69) is 30.4 Å². The highest BCUT2D eigenvalue weighted by atomic mass is 35.5. The molecule has 1 N–H and O–H groups in total. The minimum atomic E-state index is -0.0641. The van der Waals surface area contributed by atoms with Crippen molar-refractivity contribution in [1.29, 1.82) is 0 Å². The van der Waals surface area contributed by atoms with Gasteiger partial charge in [0.1, 0.15) is 0 Å². The van der Waals surface area contributed by atoms with Crippen molar-refractivity contribution in [2.45, 2.75) is 23.5 Å². The van der Waals surface area contributed by atoms with Crippen molar-refractivity contribution in [3.63, 3.8) is 0 Å². The summed E-state index contributed by atoms with van der Waals surface area (Å²) in [5.41, 5.74) is 3.23. The van der Waals surface area contributed by atoms with Crippen molar-refractivity contribution < 1.29 is 4.79 Å². The van der Waals surface area contributed by atoms with E-state index < -0.39 is 0 Å². The number of rotatable bonds is 2. The lowest BCUT2D eigenvalue weighted by Crippen LogP contribution is -2.24. The van der Waals surface area contributed by atoms with Crippen LogP contribution in [0, 0.1) is 6.92 Å². The van der Waals surface area contributed by atoms with Crippen LogP contribution < -0.4 is 5.32 Å². The van der Waals surface area contributed by atoms with E-state index in [1.54, 1.807) is 23.9 Å². The van der Waals surface area contributed by atoms with Crippen LogP contribution in [0.4, 0.5) is 5.69 Å². The maximum Gasteiger partial charge on any atom is 0.238 e. The van der Waals surface area contributed by atoms with Gasteiger partial charge in [-0.2, -0.15) is 0 Å². The summed E-state index contributed by atoms with van der Waals surface area (Å²) < 4.78 is 0. The first-order chi connectivity index (χ1) is 9.61. The second-order valence-electron chi connectivity index (χ2n) is 4.92. The number of benzene rings is 2. The number of anilines is 1. The van der Waals surface area contributed by atoms with Gasteiger partial charge in [-0.05, 0) is 43.2 Å². The Hall–Kier alpha value is -1.45. The first-order valence-electron chi connectivity index (χ1n) is 6.44. The smallest absolute Gasteiger partial charge is 0.238 e. The zero-order valence-corrected chi connectivity index (χ0v) is 12.6. The maximum absolute atomic E-state index is 12.3. The molecule has 1 atom stereocenters. The van der Waals surface area contributed by atoms with Crippen LogP contribution in [0.25, 0.3) is 0 Å². The third-order valence-corrected chi connectivity index (χ3v) is 4.82. The molecule has 4 heteroatoms. The first kappa shape index (κ1) is 13.5. The van der Waals surface area contributed by atoms with E-state index in [9.17, 15) is 4.79 Å². The van der Waals surface area contributed by atoms with Crippen LogP contribution in [-0.4, -0.2) is 11.2 Å². The van der Waals surface area contributed by atoms with Crippen molar-refractivity contribution in [3.8, 4) is 0 Å². The third-order valence-electron chi connectivity index (χ3n) is 3.28. The highest BCUT2D eigenvalue weighted by Gasteiger charge is 2.28. The predicted molar refractivity (Wildman–Crippen MR) is 84.6 cm³/mol. The predicted octanol–water partition coefficient (Wildman–Crippen LogP) is 4.30. The fourth-order valence-electron chi connectivity index (χ4n) is 2.27. The summed E-state index contributed by atoms with van der Waals surface area (Å²) in [6.07, 6.45) is 0.784. The fraction of sp³-hybridized carbons (Fsp3) is 0.188. The van der Waals surface area contributed by atoms with Gasteiger partial charge in [-0.25, -0.2) is 0 Å². The van der Waals surface area contributed by atoms with Crippen molar-refractivity contribution in [3.05, 3.63) is 58.6 Å². The highest BCUT2D eigenvalue weighted by molar-refractivity contribution is 8.01. The van der Waals surface area contributed by atoms with E-state index in [0.29, 0.717) is 5.02 Å². The van der Waals surface area contributed by atoms with Crippen LogP contribution in [0.1, 0.15) is 11.1 Å². The molecule has 0 spiro atoms. The van der Waals surface area contributed by atoms with E-state index in [-0.39, 0.29) is 11.2 Å². The SMILES string of the molecule is Cc1ccc2c(c1)SC(C(=O)Nc1cccc(Cl)c1)C2. The molecular weight excluding hydrogens is 290 g/mol. The average molecular weight is 304 g/mol. The first-order valence-corrected chi connectivity index (χ1v) is 7.70. The molecule has 0 aromatic heterocycles. The molecule has 1 aliphatic heterocycles. The Balaban J connectivity index is 1.71. The molecule has 0 saturated carbocycles. The summed E-state index contributed by atoms with van der Waals surface area (Å²) in [5.74, 6) is 0.0334. The molecule has 20 heavy (non-hydrogen) atoms. The zero-order chi connectivity index (χ0) is 14.1. The third kappa shape index (κ3) is 2.84. The number of thioether (sulfide) groups is 1. The highest BCUT2D eigenvalue weighted by Crippen LogP contribution is 2.38. The van der Waals surface area contributed by atoms with Crippen molar-refractivity contribution in [2.24, 2.45) is 0 Å². The molecule has 0 aliphatic carbocycles. The Labute approximate surface area is 127 Å². The maximum atomic E-state index is 12.3. The van der Waals surface area contributed by atoms with Gasteiger partial charge in [-0.1, -0.05) is 35.4 Å². The summed E-state index contributed by atoms with van der Waals surface area (Å²) in [5, 5.41) is 3.49. The summed E-state index contributed by atoms with van der Waals surface area (Å²) in [7, 11) is 0. The topological polar surface area (TPSA) is 29.1 Å². The Morgan fingerprint density at radius 2 is 2.15 bits per heavy atom. The van der Waals surface area contributed by atoms with E-state index in [1.807, 2.05) is 12.1 Å². The second kappa shape index (κ2) is 5.51. The molecule has 3 rings (SSSR count). The largest absolute Gasteiger partial charge is 0.325 e. The van der Waals surface area contributed by atoms with E-state index in [4.69, 9.17) is 11.6 Å². The zero-order valence-electron chi connectivity index (χ0n) is 11.0. The Morgan fingerprint density at radius 3 is 2.95 bits per heavy atom. The van der Waals surface area contributed by atoms with Crippen molar-refractivity contribution >= 4 is 35.0 Å². The van der Waals surface area contributed by atoms with Crippen molar-refractivity contribution in [2.75, 3.05) is 5.32 Å². The fourth-order valence-corrected chi connectivity index (χ4v) is 3.75. The minimum Gasteiger partial charge on any atom is -0.325 e. The van der Waals surface area contributed by atoms with Crippen molar-refractivity contribution in [1.82, 2.24) is 0 Å². The van der Waals surface area contributed by atoms with E-state index >= 15 is 0 Å². The number of amides is 1. The molecule has 102 valence electrons. The summed E-state index contributed by atoms with van der Waals surface area (Å²) in [6.45, 7) is 2.07. The standard InChI is InChI=1S/C16H14ClNOS/c1-10-5-6-11-8-15(20-14(11)7-10)16(19)18-13-4-2-3-12(17)9-13/h2-7,9,15H,8H2,1H3,(H,18,19). The number of hydrogen-bond donors (Lipinski definition) is 1. The molecule has 2 aromatic carbocycles. The molecule has 2 aromatic rings. The number of hydrogen-bond acceptors (Lipinski definition) is 2. The molecule has 0 saturated heterocycles. The number of fused-ring (bicyclic) bond motifs is 1. The number of nitrogens with one attached hydrogen (secondary N) is 1. The second-order valence-corrected chi connectivity index (χ2v) is 6.60. The number of halogens is 1. The molecule has 0 radical (unpaired) electrons. The number of carbonyl (C=O) groups excluding carboxylic acids is 1.